The number of carbonyl (C=O) groups is 1. The molecule has 0 aliphatic rings. The second-order valence-electron chi connectivity index (χ2n) is 2.97. The van der Waals surface area contributed by atoms with Gasteiger partial charge in [-0.2, -0.15) is 5.26 Å². The van der Waals surface area contributed by atoms with Gasteiger partial charge in [0.15, 0.2) is 0 Å². The van der Waals surface area contributed by atoms with Gasteiger partial charge in [0, 0.05) is 10.8 Å². The van der Waals surface area contributed by atoms with E-state index in [2.05, 4.69) is 4.98 Å². The second kappa shape index (κ2) is 4.43. The molecule has 0 fully saturated rings. The van der Waals surface area contributed by atoms with Gasteiger partial charge in [-0.1, -0.05) is 0 Å². The van der Waals surface area contributed by atoms with Gasteiger partial charge >= 0.3 is 5.97 Å². The van der Waals surface area contributed by atoms with Crippen molar-refractivity contribution in [3.8, 4) is 16.6 Å². The molecule has 0 aliphatic carbocycles. The van der Waals surface area contributed by atoms with E-state index in [1.54, 1.807) is 11.4 Å². The molecule has 1 N–H and O–H groups in total. The molecule has 0 unspecified atom stereocenters. The van der Waals surface area contributed by atoms with Crippen molar-refractivity contribution in [1.29, 1.82) is 5.26 Å². The van der Waals surface area contributed by atoms with Crippen LogP contribution in [0.5, 0.6) is 0 Å². The number of nitrogens with zero attached hydrogens (tertiary/aromatic N) is 2. The molecule has 0 spiro atoms. The molecule has 6 heteroatoms. The molecule has 16 heavy (non-hydrogen) atoms. The van der Waals surface area contributed by atoms with Gasteiger partial charge < -0.3 is 5.11 Å². The molecule has 0 amide bonds. The van der Waals surface area contributed by atoms with Crippen LogP contribution in [0.15, 0.2) is 16.8 Å². The zero-order valence-corrected chi connectivity index (χ0v) is 9.64. The lowest BCUT2D eigenvalue weighted by Gasteiger charge is -1.87. The molecule has 80 valence electrons. The number of thiophene rings is 1. The minimum Gasteiger partial charge on any atom is -0.478 e. The summed E-state index contributed by atoms with van der Waals surface area (Å²) in [4.78, 5) is 15.8. The highest BCUT2D eigenvalue weighted by Crippen LogP contribution is 2.28. The molecule has 0 aromatic carbocycles. The van der Waals surface area contributed by atoms with Crippen LogP contribution in [0.1, 0.15) is 15.4 Å². The molecule has 0 aliphatic heterocycles. The number of aromatic carboxylic acids is 1. The number of carboxylic acid groups (broad SMARTS) is 1. The third kappa shape index (κ3) is 2.10. The summed E-state index contributed by atoms with van der Waals surface area (Å²) in [7, 11) is 0. The number of hydrogen-bond acceptors (Lipinski definition) is 5. The molecule has 0 atom stereocenters. The molecule has 2 aromatic heterocycles. The summed E-state index contributed by atoms with van der Waals surface area (Å²) in [6, 6.07) is 3.62. The van der Waals surface area contributed by atoms with Crippen LogP contribution in [-0.2, 0) is 6.42 Å². The highest BCUT2D eigenvalue weighted by Gasteiger charge is 2.10. The van der Waals surface area contributed by atoms with E-state index in [1.165, 1.54) is 22.7 Å². The molecular formula is C10H6N2O2S2. The SMILES string of the molecule is N#CCc1nc(-c2cc(C(=O)O)cs2)cs1. The van der Waals surface area contributed by atoms with Crippen molar-refractivity contribution in [2.75, 3.05) is 0 Å². The first-order valence-electron chi connectivity index (χ1n) is 4.34. The largest absolute Gasteiger partial charge is 0.478 e. The fourth-order valence-electron chi connectivity index (χ4n) is 1.16. The molecule has 0 saturated carbocycles. The highest BCUT2D eigenvalue weighted by molar-refractivity contribution is 7.14. The monoisotopic (exact) mass is 250 g/mol. The van der Waals surface area contributed by atoms with Crippen LogP contribution in [0.2, 0.25) is 0 Å². The lowest BCUT2D eigenvalue weighted by molar-refractivity contribution is 0.0697. The molecule has 4 nitrogen and oxygen atoms in total. The van der Waals surface area contributed by atoms with Gasteiger partial charge in [0.1, 0.15) is 5.01 Å². The summed E-state index contributed by atoms with van der Waals surface area (Å²) < 4.78 is 0. The number of hydrogen-bond donors (Lipinski definition) is 1. The summed E-state index contributed by atoms with van der Waals surface area (Å²) in [5, 5.41) is 21.5. The van der Waals surface area contributed by atoms with E-state index < -0.39 is 5.97 Å². The third-order valence-electron chi connectivity index (χ3n) is 1.88. The average molecular weight is 250 g/mol. The summed E-state index contributed by atoms with van der Waals surface area (Å²) >= 11 is 2.76. The van der Waals surface area contributed by atoms with E-state index in [0.717, 1.165) is 15.6 Å². The number of aromatic nitrogens is 1. The standard InChI is InChI=1S/C10H6N2O2S2/c11-2-1-9-12-7(5-16-9)8-3-6(4-15-8)10(13)14/h3-5H,1H2,(H,13,14). The zero-order valence-electron chi connectivity index (χ0n) is 8.01. The van der Waals surface area contributed by atoms with Crippen LogP contribution in [-0.4, -0.2) is 16.1 Å². The van der Waals surface area contributed by atoms with Crippen LogP contribution in [0.3, 0.4) is 0 Å². The molecule has 2 rings (SSSR count). The number of nitriles is 1. The van der Waals surface area contributed by atoms with Gasteiger partial charge in [0.05, 0.1) is 28.6 Å². The zero-order chi connectivity index (χ0) is 11.5. The van der Waals surface area contributed by atoms with Crippen molar-refractivity contribution in [1.82, 2.24) is 4.98 Å². The average Bonchev–Trinajstić information content (AvgIpc) is 2.84. The van der Waals surface area contributed by atoms with Gasteiger partial charge in [-0.05, 0) is 6.07 Å². The number of thiazole rings is 1. The summed E-state index contributed by atoms with van der Waals surface area (Å²) in [5.41, 5.74) is 1.02. The van der Waals surface area contributed by atoms with Crippen LogP contribution in [0, 0.1) is 11.3 Å². The summed E-state index contributed by atoms with van der Waals surface area (Å²) in [6.45, 7) is 0. The first-order chi connectivity index (χ1) is 7.70. The Morgan fingerprint density at radius 1 is 1.50 bits per heavy atom. The van der Waals surface area contributed by atoms with Crippen molar-refractivity contribution < 1.29 is 9.90 Å². The van der Waals surface area contributed by atoms with E-state index in [1.807, 2.05) is 11.4 Å². The third-order valence-corrected chi connectivity index (χ3v) is 3.68. The lowest BCUT2D eigenvalue weighted by Crippen LogP contribution is -1.91. The Bertz CT molecular complexity index is 565. The first kappa shape index (κ1) is 10.8. The van der Waals surface area contributed by atoms with Crippen molar-refractivity contribution in [2.45, 2.75) is 6.42 Å². The van der Waals surface area contributed by atoms with Crippen molar-refractivity contribution in [2.24, 2.45) is 0 Å². The number of rotatable bonds is 3. The van der Waals surface area contributed by atoms with Gasteiger partial charge in [0.2, 0.25) is 0 Å². The van der Waals surface area contributed by atoms with Crippen molar-refractivity contribution in [3.05, 3.63) is 27.4 Å². The maximum absolute atomic E-state index is 10.7. The maximum Gasteiger partial charge on any atom is 0.336 e. The minimum atomic E-state index is -0.935. The quantitative estimate of drug-likeness (QED) is 0.908. The van der Waals surface area contributed by atoms with Gasteiger partial charge in [-0.15, -0.1) is 22.7 Å². The van der Waals surface area contributed by atoms with Gasteiger partial charge in [0.25, 0.3) is 0 Å². The van der Waals surface area contributed by atoms with E-state index in [4.69, 9.17) is 10.4 Å². The van der Waals surface area contributed by atoms with Crippen LogP contribution >= 0.6 is 22.7 Å². The molecule has 0 saturated heterocycles. The predicted molar refractivity (Wildman–Crippen MR) is 61.7 cm³/mol. The van der Waals surface area contributed by atoms with Crippen LogP contribution < -0.4 is 0 Å². The molecular weight excluding hydrogens is 244 g/mol. The van der Waals surface area contributed by atoms with Gasteiger partial charge in [-0.25, -0.2) is 9.78 Å². The molecule has 0 radical (unpaired) electrons. The second-order valence-corrected chi connectivity index (χ2v) is 4.82. The lowest BCUT2D eigenvalue weighted by atomic mass is 10.3. The number of carboxylic acids is 1. The van der Waals surface area contributed by atoms with E-state index in [9.17, 15) is 4.79 Å². The fraction of sp³-hybridized carbons (Fsp3) is 0.100. The normalized spacial score (nSPS) is 9.94. The Morgan fingerprint density at radius 2 is 2.31 bits per heavy atom. The minimum absolute atomic E-state index is 0.273. The first-order valence-corrected chi connectivity index (χ1v) is 6.10. The Kier molecular flexibility index (Phi) is 2.99. The predicted octanol–water partition coefficient (Wildman–Crippen LogP) is 2.64. The molecule has 2 heterocycles. The summed E-state index contributed by atoms with van der Waals surface area (Å²) in [6.07, 6.45) is 0.293. The van der Waals surface area contributed by atoms with Crippen LogP contribution in [0.4, 0.5) is 0 Å². The van der Waals surface area contributed by atoms with Crippen molar-refractivity contribution in [3.63, 3.8) is 0 Å². The molecule has 0 bridgehead atoms. The Balaban J connectivity index is 2.28. The topological polar surface area (TPSA) is 74.0 Å². The van der Waals surface area contributed by atoms with E-state index in [0.29, 0.717) is 6.42 Å². The van der Waals surface area contributed by atoms with Crippen LogP contribution in [0.25, 0.3) is 10.6 Å². The Labute approximate surface area is 99.4 Å². The molecule has 2 aromatic rings. The van der Waals surface area contributed by atoms with E-state index in [-0.39, 0.29) is 5.56 Å². The summed E-state index contributed by atoms with van der Waals surface area (Å²) in [5.74, 6) is -0.935. The highest BCUT2D eigenvalue weighted by atomic mass is 32.1. The van der Waals surface area contributed by atoms with Gasteiger partial charge in [-0.3, -0.25) is 0 Å². The smallest absolute Gasteiger partial charge is 0.336 e. The fourth-order valence-corrected chi connectivity index (χ4v) is 2.80. The Hall–Kier alpha value is -1.71. The Morgan fingerprint density at radius 3 is 2.94 bits per heavy atom. The maximum atomic E-state index is 10.7. The van der Waals surface area contributed by atoms with E-state index >= 15 is 0 Å². The van der Waals surface area contributed by atoms with Crippen molar-refractivity contribution >= 4 is 28.6 Å².